The molecule has 102 valence electrons. The molecule has 0 saturated carbocycles. The molecule has 1 aromatic rings. The SMILES string of the molecule is O=C(O)C1[C@H]2COC[C@H]1CN(Cc1ccccc1)C2. The average molecular weight is 261 g/mol. The number of hydrogen-bond acceptors (Lipinski definition) is 3. The highest BCUT2D eigenvalue weighted by atomic mass is 16.5. The van der Waals surface area contributed by atoms with Crippen LogP contribution < -0.4 is 0 Å². The van der Waals surface area contributed by atoms with Crippen LogP contribution in [0.1, 0.15) is 5.56 Å². The lowest BCUT2D eigenvalue weighted by Crippen LogP contribution is -2.54. The molecule has 3 rings (SSSR count). The summed E-state index contributed by atoms with van der Waals surface area (Å²) < 4.78 is 5.53. The fourth-order valence-corrected chi connectivity index (χ4v) is 3.41. The maximum atomic E-state index is 11.4. The highest BCUT2D eigenvalue weighted by Gasteiger charge is 2.44. The van der Waals surface area contributed by atoms with Crippen molar-refractivity contribution < 1.29 is 14.6 Å². The third-order valence-corrected chi connectivity index (χ3v) is 4.20. The molecule has 2 aliphatic heterocycles. The number of hydrogen-bond donors (Lipinski definition) is 1. The van der Waals surface area contributed by atoms with Crippen LogP contribution in [0.25, 0.3) is 0 Å². The van der Waals surface area contributed by atoms with Crippen LogP contribution in [-0.2, 0) is 16.1 Å². The molecule has 0 aliphatic carbocycles. The van der Waals surface area contributed by atoms with Crippen LogP contribution in [0.4, 0.5) is 0 Å². The van der Waals surface area contributed by atoms with E-state index >= 15 is 0 Å². The molecule has 2 saturated heterocycles. The maximum absolute atomic E-state index is 11.4. The second-order valence-electron chi connectivity index (χ2n) is 5.60. The van der Waals surface area contributed by atoms with Gasteiger partial charge in [-0.2, -0.15) is 0 Å². The first-order chi connectivity index (χ1) is 9.24. The van der Waals surface area contributed by atoms with E-state index in [1.807, 2.05) is 18.2 Å². The van der Waals surface area contributed by atoms with Gasteiger partial charge in [-0.05, 0) is 5.56 Å². The van der Waals surface area contributed by atoms with Crippen LogP contribution in [0.5, 0.6) is 0 Å². The summed E-state index contributed by atoms with van der Waals surface area (Å²) in [7, 11) is 0. The van der Waals surface area contributed by atoms with Crippen LogP contribution in [0.3, 0.4) is 0 Å². The van der Waals surface area contributed by atoms with Gasteiger partial charge in [0.05, 0.1) is 19.1 Å². The Hall–Kier alpha value is -1.39. The Bertz CT molecular complexity index is 434. The molecule has 0 radical (unpaired) electrons. The highest BCUT2D eigenvalue weighted by Crippen LogP contribution is 2.34. The van der Waals surface area contributed by atoms with Gasteiger partial charge in [-0.15, -0.1) is 0 Å². The second kappa shape index (κ2) is 5.31. The van der Waals surface area contributed by atoms with Crippen molar-refractivity contribution in [1.29, 1.82) is 0 Å². The molecular weight excluding hydrogens is 242 g/mol. The highest BCUT2D eigenvalue weighted by molar-refractivity contribution is 5.71. The summed E-state index contributed by atoms with van der Waals surface area (Å²) in [5.74, 6) is -0.610. The van der Waals surface area contributed by atoms with E-state index in [0.717, 1.165) is 19.6 Å². The lowest BCUT2D eigenvalue weighted by atomic mass is 9.76. The Morgan fingerprint density at radius 2 is 1.84 bits per heavy atom. The van der Waals surface area contributed by atoms with E-state index in [-0.39, 0.29) is 17.8 Å². The number of rotatable bonds is 3. The van der Waals surface area contributed by atoms with E-state index in [2.05, 4.69) is 17.0 Å². The van der Waals surface area contributed by atoms with Gasteiger partial charge in [-0.1, -0.05) is 30.3 Å². The summed E-state index contributed by atoms with van der Waals surface area (Å²) in [5, 5.41) is 9.35. The first kappa shape index (κ1) is 12.6. The molecule has 0 unspecified atom stereocenters. The summed E-state index contributed by atoms with van der Waals surface area (Å²) in [5.41, 5.74) is 1.29. The number of nitrogens with zero attached hydrogens (tertiary/aromatic N) is 1. The van der Waals surface area contributed by atoms with Crippen LogP contribution >= 0.6 is 0 Å². The molecule has 2 heterocycles. The van der Waals surface area contributed by atoms with Gasteiger partial charge in [0.25, 0.3) is 0 Å². The van der Waals surface area contributed by atoms with Crippen molar-refractivity contribution in [3.05, 3.63) is 35.9 Å². The van der Waals surface area contributed by atoms with Crippen molar-refractivity contribution in [3.63, 3.8) is 0 Å². The molecule has 1 N–H and O–H groups in total. The molecule has 2 aliphatic rings. The largest absolute Gasteiger partial charge is 0.481 e. The van der Waals surface area contributed by atoms with Crippen LogP contribution in [0, 0.1) is 17.8 Å². The van der Waals surface area contributed by atoms with Gasteiger partial charge in [0, 0.05) is 31.5 Å². The first-order valence-electron chi connectivity index (χ1n) is 6.81. The number of carboxylic acids is 1. The standard InChI is InChI=1S/C15H19NO3/c17-15(18)14-12-7-16(8-13(14)10-19-9-12)6-11-4-2-1-3-5-11/h1-5,12-14H,6-10H2,(H,17,18)/t12-,13-/m1/s1. The fraction of sp³-hybridized carbons (Fsp3) is 0.533. The van der Waals surface area contributed by atoms with Crippen LogP contribution in [0.2, 0.25) is 0 Å². The molecule has 1 aromatic carbocycles. The van der Waals surface area contributed by atoms with Gasteiger partial charge in [-0.3, -0.25) is 9.69 Å². The Morgan fingerprint density at radius 1 is 1.21 bits per heavy atom. The van der Waals surface area contributed by atoms with Crippen molar-refractivity contribution in [2.24, 2.45) is 17.8 Å². The number of fused-ring (bicyclic) bond motifs is 2. The number of benzene rings is 1. The molecule has 0 spiro atoms. The molecule has 19 heavy (non-hydrogen) atoms. The zero-order valence-electron chi connectivity index (χ0n) is 10.9. The monoisotopic (exact) mass is 261 g/mol. The van der Waals surface area contributed by atoms with E-state index in [1.54, 1.807) is 0 Å². The quantitative estimate of drug-likeness (QED) is 0.895. The summed E-state index contributed by atoms with van der Waals surface area (Å²) in [6, 6.07) is 10.3. The Morgan fingerprint density at radius 3 is 2.42 bits per heavy atom. The van der Waals surface area contributed by atoms with Crippen molar-refractivity contribution in [2.45, 2.75) is 6.54 Å². The van der Waals surface area contributed by atoms with E-state index in [1.165, 1.54) is 5.56 Å². The number of piperidine rings is 1. The minimum Gasteiger partial charge on any atom is -0.481 e. The molecule has 0 aromatic heterocycles. The van der Waals surface area contributed by atoms with Crippen LogP contribution in [0.15, 0.2) is 30.3 Å². The van der Waals surface area contributed by atoms with Gasteiger partial charge >= 0.3 is 5.97 Å². The third-order valence-electron chi connectivity index (χ3n) is 4.20. The Labute approximate surface area is 113 Å². The van der Waals surface area contributed by atoms with Crippen LogP contribution in [-0.4, -0.2) is 42.3 Å². The molecule has 2 bridgehead atoms. The molecule has 0 amide bonds. The summed E-state index contributed by atoms with van der Waals surface area (Å²) in [4.78, 5) is 13.7. The van der Waals surface area contributed by atoms with Gasteiger partial charge in [0.2, 0.25) is 0 Å². The minimum atomic E-state index is -0.655. The normalized spacial score (nSPS) is 31.1. The van der Waals surface area contributed by atoms with Crippen molar-refractivity contribution >= 4 is 5.97 Å². The van der Waals surface area contributed by atoms with Gasteiger partial charge in [0.1, 0.15) is 0 Å². The third kappa shape index (κ3) is 2.65. The van der Waals surface area contributed by atoms with Gasteiger partial charge in [0.15, 0.2) is 0 Å². The summed E-state index contributed by atoms with van der Waals surface area (Å²) in [6.45, 7) is 3.71. The summed E-state index contributed by atoms with van der Waals surface area (Å²) >= 11 is 0. The first-order valence-corrected chi connectivity index (χ1v) is 6.81. The lowest BCUT2D eigenvalue weighted by Gasteiger charge is -2.45. The maximum Gasteiger partial charge on any atom is 0.307 e. The van der Waals surface area contributed by atoms with E-state index in [4.69, 9.17) is 4.74 Å². The summed E-state index contributed by atoms with van der Waals surface area (Å²) in [6.07, 6.45) is 0. The predicted molar refractivity (Wildman–Crippen MR) is 70.6 cm³/mol. The zero-order valence-corrected chi connectivity index (χ0v) is 10.9. The van der Waals surface area contributed by atoms with Gasteiger partial charge in [-0.25, -0.2) is 0 Å². The number of aliphatic carboxylic acids is 1. The van der Waals surface area contributed by atoms with E-state index in [9.17, 15) is 9.90 Å². The van der Waals surface area contributed by atoms with Crippen molar-refractivity contribution in [3.8, 4) is 0 Å². The fourth-order valence-electron chi connectivity index (χ4n) is 3.41. The second-order valence-corrected chi connectivity index (χ2v) is 5.60. The number of carboxylic acid groups (broad SMARTS) is 1. The number of ether oxygens (including phenoxy) is 1. The van der Waals surface area contributed by atoms with Crippen molar-refractivity contribution in [2.75, 3.05) is 26.3 Å². The molecule has 2 fully saturated rings. The van der Waals surface area contributed by atoms with Crippen molar-refractivity contribution in [1.82, 2.24) is 4.90 Å². The minimum absolute atomic E-state index is 0.133. The molecule has 4 heteroatoms. The predicted octanol–water partition coefficient (Wildman–Crippen LogP) is 1.47. The van der Waals surface area contributed by atoms with Gasteiger partial charge < -0.3 is 9.84 Å². The van der Waals surface area contributed by atoms with E-state index in [0.29, 0.717) is 13.2 Å². The number of carbonyl (C=O) groups is 1. The smallest absolute Gasteiger partial charge is 0.307 e. The topological polar surface area (TPSA) is 49.8 Å². The molecule has 4 nitrogen and oxygen atoms in total. The molecule has 2 atom stereocenters. The zero-order chi connectivity index (χ0) is 13.2. The Balaban J connectivity index is 1.69. The molecular formula is C15H19NO3. The Kier molecular flexibility index (Phi) is 3.53. The average Bonchev–Trinajstić information content (AvgIpc) is 2.38. The number of likely N-dealkylation sites (tertiary alicyclic amines) is 1. The lowest BCUT2D eigenvalue weighted by molar-refractivity contribution is -0.160. The van der Waals surface area contributed by atoms with E-state index < -0.39 is 5.97 Å².